The van der Waals surface area contributed by atoms with E-state index in [4.69, 9.17) is 9.47 Å². The fraction of sp³-hybridized carbons (Fsp3) is 0.619. The number of ether oxygens (including phenoxy) is 2. The molecule has 1 aromatic carbocycles. The van der Waals surface area contributed by atoms with Gasteiger partial charge in [0.15, 0.2) is 6.10 Å². The monoisotopic (exact) mass is 389 g/mol. The van der Waals surface area contributed by atoms with Gasteiger partial charge in [0.05, 0.1) is 12.7 Å². The average molecular weight is 389 g/mol. The molecule has 2 saturated heterocycles. The van der Waals surface area contributed by atoms with Crippen LogP contribution in [0, 0.1) is 13.8 Å². The fourth-order valence-corrected chi connectivity index (χ4v) is 3.78. The van der Waals surface area contributed by atoms with E-state index in [1.807, 2.05) is 43.9 Å². The van der Waals surface area contributed by atoms with Crippen molar-refractivity contribution in [3.8, 4) is 5.75 Å². The Kier molecular flexibility index (Phi) is 6.57. The Labute approximate surface area is 167 Å². The summed E-state index contributed by atoms with van der Waals surface area (Å²) >= 11 is 0. The molecule has 1 N–H and O–H groups in total. The summed E-state index contributed by atoms with van der Waals surface area (Å²) in [5.41, 5.74) is 2.18. The van der Waals surface area contributed by atoms with Crippen LogP contribution in [-0.4, -0.2) is 79.2 Å². The molecular weight excluding hydrogens is 358 g/mol. The van der Waals surface area contributed by atoms with E-state index in [2.05, 4.69) is 5.32 Å². The second-order valence-corrected chi connectivity index (χ2v) is 7.69. The van der Waals surface area contributed by atoms with Gasteiger partial charge in [-0.15, -0.1) is 0 Å². The van der Waals surface area contributed by atoms with E-state index in [0.717, 1.165) is 16.9 Å². The van der Waals surface area contributed by atoms with Crippen LogP contribution in [0.3, 0.4) is 0 Å². The second-order valence-electron chi connectivity index (χ2n) is 7.69. The van der Waals surface area contributed by atoms with Gasteiger partial charge < -0.3 is 24.6 Å². The van der Waals surface area contributed by atoms with Gasteiger partial charge in [0, 0.05) is 32.7 Å². The Hall–Kier alpha value is -2.12. The summed E-state index contributed by atoms with van der Waals surface area (Å²) in [7, 11) is 0. The van der Waals surface area contributed by atoms with Crippen LogP contribution in [0.4, 0.5) is 0 Å². The van der Waals surface area contributed by atoms with Gasteiger partial charge in [0.25, 0.3) is 5.91 Å². The number of rotatable bonds is 4. The SMILES string of the molecule is Cc1ccc(OC(C)C(=O)N2CCN(C(=O)[C@H]3NCCO[C@@H]3C)CC2)c(C)c1. The van der Waals surface area contributed by atoms with Crippen LogP contribution in [-0.2, 0) is 14.3 Å². The van der Waals surface area contributed by atoms with Crippen LogP contribution in [0.5, 0.6) is 5.75 Å². The maximum atomic E-state index is 12.8. The van der Waals surface area contributed by atoms with Crippen molar-refractivity contribution in [2.45, 2.75) is 45.9 Å². The minimum absolute atomic E-state index is 0.0421. The normalized spacial score (nSPS) is 24.0. The summed E-state index contributed by atoms with van der Waals surface area (Å²) in [6.07, 6.45) is -0.691. The molecule has 3 rings (SSSR count). The first-order valence-electron chi connectivity index (χ1n) is 10.0. The average Bonchev–Trinajstić information content (AvgIpc) is 2.69. The molecule has 0 saturated carbocycles. The molecule has 0 aromatic heterocycles. The van der Waals surface area contributed by atoms with Crippen LogP contribution in [0.15, 0.2) is 18.2 Å². The molecule has 2 fully saturated rings. The zero-order valence-corrected chi connectivity index (χ0v) is 17.2. The Morgan fingerprint density at radius 2 is 1.86 bits per heavy atom. The van der Waals surface area contributed by atoms with Gasteiger partial charge in [-0.2, -0.15) is 0 Å². The molecule has 2 aliphatic rings. The minimum atomic E-state index is -0.558. The van der Waals surface area contributed by atoms with Crippen molar-refractivity contribution < 1.29 is 19.1 Å². The van der Waals surface area contributed by atoms with E-state index in [-0.39, 0.29) is 24.0 Å². The quantitative estimate of drug-likeness (QED) is 0.836. The molecule has 28 heavy (non-hydrogen) atoms. The van der Waals surface area contributed by atoms with Gasteiger partial charge in [-0.05, 0) is 39.3 Å². The summed E-state index contributed by atoms with van der Waals surface area (Å²) in [6.45, 7) is 11.1. The number of carbonyl (C=O) groups is 2. The highest BCUT2D eigenvalue weighted by molar-refractivity contribution is 5.84. The summed E-state index contributed by atoms with van der Waals surface area (Å²) in [6, 6.07) is 5.63. The zero-order valence-electron chi connectivity index (χ0n) is 17.2. The van der Waals surface area contributed by atoms with E-state index in [0.29, 0.717) is 39.3 Å². The van der Waals surface area contributed by atoms with Gasteiger partial charge in [0.1, 0.15) is 11.8 Å². The lowest BCUT2D eigenvalue weighted by atomic mass is 10.1. The van der Waals surface area contributed by atoms with E-state index in [9.17, 15) is 9.59 Å². The third kappa shape index (κ3) is 4.64. The summed E-state index contributed by atoms with van der Waals surface area (Å²) in [5, 5.41) is 3.24. The maximum Gasteiger partial charge on any atom is 0.263 e. The number of carbonyl (C=O) groups excluding carboxylic acids is 2. The number of morpholine rings is 1. The highest BCUT2D eigenvalue weighted by Crippen LogP contribution is 2.21. The Balaban J connectivity index is 1.52. The lowest BCUT2D eigenvalue weighted by Gasteiger charge is -2.39. The third-order valence-corrected chi connectivity index (χ3v) is 5.47. The summed E-state index contributed by atoms with van der Waals surface area (Å²) in [4.78, 5) is 29.1. The molecule has 0 radical (unpaired) electrons. The number of piperazine rings is 1. The molecule has 1 aromatic rings. The largest absolute Gasteiger partial charge is 0.481 e. The first-order chi connectivity index (χ1) is 13.4. The molecule has 2 amide bonds. The number of amides is 2. The molecule has 3 atom stereocenters. The predicted molar refractivity (Wildman–Crippen MR) is 106 cm³/mol. The third-order valence-electron chi connectivity index (χ3n) is 5.47. The minimum Gasteiger partial charge on any atom is -0.481 e. The first-order valence-corrected chi connectivity index (χ1v) is 10.0. The Morgan fingerprint density at radius 1 is 1.18 bits per heavy atom. The topological polar surface area (TPSA) is 71.1 Å². The molecule has 0 aliphatic carbocycles. The molecule has 7 nitrogen and oxygen atoms in total. The number of nitrogens with zero attached hydrogens (tertiary/aromatic N) is 2. The van der Waals surface area contributed by atoms with Crippen LogP contribution in [0.25, 0.3) is 0 Å². The summed E-state index contributed by atoms with van der Waals surface area (Å²) in [5.74, 6) is 0.746. The number of aryl methyl sites for hydroxylation is 2. The number of nitrogens with one attached hydrogen (secondary N) is 1. The number of hydrogen-bond acceptors (Lipinski definition) is 5. The van der Waals surface area contributed by atoms with Gasteiger partial charge in [0.2, 0.25) is 5.91 Å². The second kappa shape index (κ2) is 8.92. The van der Waals surface area contributed by atoms with Crippen LogP contribution >= 0.6 is 0 Å². The lowest BCUT2D eigenvalue weighted by Crippen LogP contribution is -2.60. The van der Waals surface area contributed by atoms with Crippen molar-refractivity contribution in [1.29, 1.82) is 0 Å². The molecule has 0 spiro atoms. The van der Waals surface area contributed by atoms with Crippen LogP contribution in [0.1, 0.15) is 25.0 Å². The molecule has 2 aliphatic heterocycles. The van der Waals surface area contributed by atoms with Crippen molar-refractivity contribution >= 4 is 11.8 Å². The molecule has 1 unspecified atom stereocenters. The van der Waals surface area contributed by atoms with Crippen molar-refractivity contribution in [2.24, 2.45) is 0 Å². The van der Waals surface area contributed by atoms with Crippen LogP contribution < -0.4 is 10.1 Å². The van der Waals surface area contributed by atoms with E-state index in [1.54, 1.807) is 11.8 Å². The Morgan fingerprint density at radius 3 is 2.50 bits per heavy atom. The van der Waals surface area contributed by atoms with Gasteiger partial charge in [-0.3, -0.25) is 9.59 Å². The molecule has 154 valence electrons. The standard InChI is InChI=1S/C21H31N3O4/c1-14-5-6-18(15(2)13-14)28-17(4)20(25)23-8-10-24(11-9-23)21(26)19-16(3)27-12-7-22-19/h5-6,13,16-17,19,22H,7-12H2,1-4H3/t16-,17?,19+/m1/s1. The first kappa shape index (κ1) is 20.6. The zero-order chi connectivity index (χ0) is 20.3. The van der Waals surface area contributed by atoms with Gasteiger partial charge >= 0.3 is 0 Å². The molecule has 7 heteroatoms. The Bertz CT molecular complexity index is 716. The smallest absolute Gasteiger partial charge is 0.263 e. The molecule has 0 bridgehead atoms. The van der Waals surface area contributed by atoms with Gasteiger partial charge in [-0.25, -0.2) is 0 Å². The lowest BCUT2D eigenvalue weighted by molar-refractivity contribution is -0.147. The maximum absolute atomic E-state index is 12.8. The molecular formula is C21H31N3O4. The highest BCUT2D eigenvalue weighted by Gasteiger charge is 2.34. The number of benzene rings is 1. The predicted octanol–water partition coefficient (Wildman–Crippen LogP) is 1.12. The fourth-order valence-electron chi connectivity index (χ4n) is 3.78. The van der Waals surface area contributed by atoms with Crippen molar-refractivity contribution in [2.75, 3.05) is 39.3 Å². The van der Waals surface area contributed by atoms with Crippen molar-refractivity contribution in [3.63, 3.8) is 0 Å². The van der Waals surface area contributed by atoms with E-state index in [1.165, 1.54) is 0 Å². The van der Waals surface area contributed by atoms with Crippen LogP contribution in [0.2, 0.25) is 0 Å². The molecule has 2 heterocycles. The van der Waals surface area contributed by atoms with E-state index >= 15 is 0 Å². The van der Waals surface area contributed by atoms with E-state index < -0.39 is 6.10 Å². The highest BCUT2D eigenvalue weighted by atomic mass is 16.5. The summed E-state index contributed by atoms with van der Waals surface area (Å²) < 4.78 is 11.5. The number of hydrogen-bond donors (Lipinski definition) is 1. The van der Waals surface area contributed by atoms with Crippen molar-refractivity contribution in [3.05, 3.63) is 29.3 Å². The van der Waals surface area contributed by atoms with Crippen molar-refractivity contribution in [1.82, 2.24) is 15.1 Å². The van der Waals surface area contributed by atoms with Gasteiger partial charge in [-0.1, -0.05) is 17.7 Å².